The average Bonchev–Trinajstić information content (AvgIpc) is 2.98. The van der Waals surface area contributed by atoms with Gasteiger partial charge in [-0.3, -0.25) is 9.69 Å². The SMILES string of the molecule is O=C(O)CNC1CCCN(C2CC2)C1. The lowest BCUT2D eigenvalue weighted by atomic mass is 10.1. The van der Waals surface area contributed by atoms with Crippen LogP contribution in [0.1, 0.15) is 25.7 Å². The number of nitrogens with one attached hydrogen (secondary N) is 1. The zero-order chi connectivity index (χ0) is 9.97. The van der Waals surface area contributed by atoms with Crippen LogP contribution in [0, 0.1) is 0 Å². The van der Waals surface area contributed by atoms with E-state index >= 15 is 0 Å². The normalized spacial score (nSPS) is 29.0. The minimum absolute atomic E-state index is 0.100. The highest BCUT2D eigenvalue weighted by Crippen LogP contribution is 2.29. The molecule has 2 fully saturated rings. The third-order valence-electron chi connectivity index (χ3n) is 3.06. The Bertz CT molecular complexity index is 216. The minimum atomic E-state index is -0.756. The number of carbonyl (C=O) groups is 1. The molecule has 0 bridgehead atoms. The third-order valence-corrected chi connectivity index (χ3v) is 3.06. The van der Waals surface area contributed by atoms with E-state index in [1.807, 2.05) is 0 Å². The molecule has 0 aromatic carbocycles. The van der Waals surface area contributed by atoms with E-state index in [0.717, 1.165) is 19.0 Å². The Morgan fingerprint density at radius 1 is 1.43 bits per heavy atom. The Hall–Kier alpha value is -0.610. The van der Waals surface area contributed by atoms with Crippen LogP contribution in [0.3, 0.4) is 0 Å². The lowest BCUT2D eigenvalue weighted by Gasteiger charge is -2.33. The van der Waals surface area contributed by atoms with Crippen LogP contribution < -0.4 is 5.32 Å². The van der Waals surface area contributed by atoms with E-state index in [0.29, 0.717) is 6.04 Å². The Morgan fingerprint density at radius 3 is 2.86 bits per heavy atom. The molecule has 14 heavy (non-hydrogen) atoms. The molecule has 80 valence electrons. The molecular formula is C10H18N2O2. The van der Waals surface area contributed by atoms with Crippen molar-refractivity contribution in [1.29, 1.82) is 0 Å². The van der Waals surface area contributed by atoms with Gasteiger partial charge in [0, 0.05) is 18.6 Å². The minimum Gasteiger partial charge on any atom is -0.480 e. The van der Waals surface area contributed by atoms with Crippen LogP contribution in [0.15, 0.2) is 0 Å². The third kappa shape index (κ3) is 2.69. The van der Waals surface area contributed by atoms with E-state index < -0.39 is 5.97 Å². The number of carboxylic acid groups (broad SMARTS) is 1. The molecule has 0 aromatic rings. The van der Waals surface area contributed by atoms with Gasteiger partial charge in [-0.05, 0) is 32.2 Å². The summed E-state index contributed by atoms with van der Waals surface area (Å²) in [4.78, 5) is 12.9. The maximum absolute atomic E-state index is 10.4. The van der Waals surface area contributed by atoms with Crippen LogP contribution in [0.25, 0.3) is 0 Å². The highest BCUT2D eigenvalue weighted by molar-refractivity contribution is 5.69. The number of carboxylic acids is 1. The van der Waals surface area contributed by atoms with Gasteiger partial charge >= 0.3 is 5.97 Å². The molecule has 0 amide bonds. The molecule has 0 aromatic heterocycles. The molecule has 1 heterocycles. The van der Waals surface area contributed by atoms with E-state index in [4.69, 9.17) is 5.11 Å². The fraction of sp³-hybridized carbons (Fsp3) is 0.900. The molecule has 4 nitrogen and oxygen atoms in total. The van der Waals surface area contributed by atoms with Crippen LogP contribution in [0.5, 0.6) is 0 Å². The number of rotatable bonds is 4. The first kappa shape index (κ1) is 9.93. The molecule has 4 heteroatoms. The number of hydrogen-bond donors (Lipinski definition) is 2. The molecule has 2 rings (SSSR count). The van der Waals surface area contributed by atoms with Crippen LogP contribution in [-0.4, -0.2) is 47.7 Å². The molecule has 1 saturated carbocycles. The van der Waals surface area contributed by atoms with Crippen molar-refractivity contribution in [2.45, 2.75) is 37.8 Å². The summed E-state index contributed by atoms with van der Waals surface area (Å²) in [6.45, 7) is 2.34. The summed E-state index contributed by atoms with van der Waals surface area (Å²) in [5.74, 6) is -0.756. The lowest BCUT2D eigenvalue weighted by Crippen LogP contribution is -2.47. The Balaban J connectivity index is 1.72. The summed E-state index contributed by atoms with van der Waals surface area (Å²) < 4.78 is 0. The molecule has 0 radical (unpaired) electrons. The second-order valence-corrected chi connectivity index (χ2v) is 4.34. The fourth-order valence-electron chi connectivity index (χ4n) is 2.18. The highest BCUT2D eigenvalue weighted by atomic mass is 16.4. The number of hydrogen-bond acceptors (Lipinski definition) is 3. The number of aliphatic carboxylic acids is 1. The van der Waals surface area contributed by atoms with Crippen molar-refractivity contribution < 1.29 is 9.90 Å². The fourth-order valence-corrected chi connectivity index (χ4v) is 2.18. The highest BCUT2D eigenvalue weighted by Gasteiger charge is 2.32. The van der Waals surface area contributed by atoms with Gasteiger partial charge in [0.05, 0.1) is 6.54 Å². The van der Waals surface area contributed by atoms with Crippen LogP contribution in [0.2, 0.25) is 0 Å². The van der Waals surface area contributed by atoms with Gasteiger partial charge in [-0.2, -0.15) is 0 Å². The first-order chi connectivity index (χ1) is 6.75. The van der Waals surface area contributed by atoms with Gasteiger partial charge in [0.1, 0.15) is 0 Å². The number of nitrogens with zero attached hydrogens (tertiary/aromatic N) is 1. The monoisotopic (exact) mass is 198 g/mol. The van der Waals surface area contributed by atoms with E-state index in [1.54, 1.807) is 0 Å². The van der Waals surface area contributed by atoms with E-state index in [9.17, 15) is 4.79 Å². The Morgan fingerprint density at radius 2 is 2.21 bits per heavy atom. The summed E-state index contributed by atoms with van der Waals surface area (Å²) in [7, 11) is 0. The van der Waals surface area contributed by atoms with E-state index in [-0.39, 0.29) is 6.54 Å². The predicted octanol–water partition coefficient (Wildman–Crippen LogP) is 0.287. The lowest BCUT2D eigenvalue weighted by molar-refractivity contribution is -0.136. The maximum Gasteiger partial charge on any atom is 0.317 e. The number of likely N-dealkylation sites (tertiary alicyclic amines) is 1. The summed E-state index contributed by atoms with van der Waals surface area (Å²) >= 11 is 0. The molecule has 0 spiro atoms. The average molecular weight is 198 g/mol. The van der Waals surface area contributed by atoms with Crippen molar-refractivity contribution in [1.82, 2.24) is 10.2 Å². The van der Waals surface area contributed by atoms with Gasteiger partial charge in [-0.1, -0.05) is 0 Å². The van der Waals surface area contributed by atoms with E-state index in [2.05, 4.69) is 10.2 Å². The van der Waals surface area contributed by atoms with Gasteiger partial charge in [0.2, 0.25) is 0 Å². The van der Waals surface area contributed by atoms with Crippen molar-refractivity contribution in [2.75, 3.05) is 19.6 Å². The summed E-state index contributed by atoms with van der Waals surface area (Å²) in [5, 5.41) is 11.6. The molecule has 2 N–H and O–H groups in total. The summed E-state index contributed by atoms with van der Waals surface area (Å²) in [6.07, 6.45) is 5.00. The zero-order valence-electron chi connectivity index (χ0n) is 8.41. The Kier molecular flexibility index (Phi) is 3.03. The molecule has 1 saturated heterocycles. The topological polar surface area (TPSA) is 52.6 Å². The van der Waals surface area contributed by atoms with Gasteiger partial charge in [-0.25, -0.2) is 0 Å². The quantitative estimate of drug-likeness (QED) is 0.681. The molecular weight excluding hydrogens is 180 g/mol. The van der Waals surface area contributed by atoms with Gasteiger partial charge in [-0.15, -0.1) is 0 Å². The summed E-state index contributed by atoms with van der Waals surface area (Å²) in [6, 6.07) is 1.20. The van der Waals surface area contributed by atoms with Crippen LogP contribution in [0.4, 0.5) is 0 Å². The molecule has 1 aliphatic carbocycles. The van der Waals surface area contributed by atoms with Crippen LogP contribution >= 0.6 is 0 Å². The molecule has 1 unspecified atom stereocenters. The largest absolute Gasteiger partial charge is 0.480 e. The van der Waals surface area contributed by atoms with Gasteiger partial charge < -0.3 is 10.4 Å². The second kappa shape index (κ2) is 4.28. The van der Waals surface area contributed by atoms with Crippen molar-refractivity contribution in [2.24, 2.45) is 0 Å². The van der Waals surface area contributed by atoms with Crippen molar-refractivity contribution >= 4 is 5.97 Å². The van der Waals surface area contributed by atoms with Gasteiger partial charge in [0.15, 0.2) is 0 Å². The first-order valence-electron chi connectivity index (χ1n) is 5.45. The predicted molar refractivity (Wildman–Crippen MR) is 53.3 cm³/mol. The maximum atomic E-state index is 10.4. The van der Waals surface area contributed by atoms with Crippen molar-refractivity contribution in [3.63, 3.8) is 0 Å². The number of piperidine rings is 1. The van der Waals surface area contributed by atoms with Crippen molar-refractivity contribution in [3.8, 4) is 0 Å². The molecule has 2 aliphatic rings. The molecule has 1 atom stereocenters. The van der Waals surface area contributed by atoms with E-state index in [1.165, 1.54) is 25.8 Å². The standard InChI is InChI=1S/C10H18N2O2/c13-10(14)6-11-8-2-1-5-12(7-8)9-3-4-9/h8-9,11H,1-7H2,(H,13,14). The van der Waals surface area contributed by atoms with Crippen molar-refractivity contribution in [3.05, 3.63) is 0 Å². The zero-order valence-corrected chi connectivity index (χ0v) is 8.41. The van der Waals surface area contributed by atoms with Crippen LogP contribution in [-0.2, 0) is 4.79 Å². The first-order valence-corrected chi connectivity index (χ1v) is 5.45. The second-order valence-electron chi connectivity index (χ2n) is 4.34. The smallest absolute Gasteiger partial charge is 0.317 e. The summed E-state index contributed by atoms with van der Waals surface area (Å²) in [5.41, 5.74) is 0. The Labute approximate surface area is 84.3 Å². The van der Waals surface area contributed by atoms with Gasteiger partial charge in [0.25, 0.3) is 0 Å². The molecule has 1 aliphatic heterocycles.